The SMILES string of the molecule is CC(C)(C)c1cc(C2CC3(CCN(C(=O)[C@H]4C[C@]5(COC(=O)N5)C4)CC3)C2)ccn1. The lowest BCUT2D eigenvalue weighted by Gasteiger charge is -2.53. The van der Waals surface area contributed by atoms with E-state index < -0.39 is 0 Å². The number of alkyl carbamates (subject to hydrolysis) is 1. The number of hydrogen-bond acceptors (Lipinski definition) is 4. The number of nitrogens with zero attached hydrogens (tertiary/aromatic N) is 2. The lowest BCUT2D eigenvalue weighted by molar-refractivity contribution is -0.144. The monoisotopic (exact) mass is 411 g/mol. The molecule has 1 aromatic heterocycles. The number of hydrogen-bond donors (Lipinski definition) is 1. The Labute approximate surface area is 178 Å². The molecule has 2 saturated carbocycles. The molecule has 4 fully saturated rings. The third-order valence-electron chi connectivity index (χ3n) is 7.99. The molecular weight excluding hydrogens is 378 g/mol. The highest BCUT2D eigenvalue weighted by molar-refractivity contribution is 5.81. The van der Waals surface area contributed by atoms with Crippen LogP contribution >= 0.6 is 0 Å². The third-order valence-corrected chi connectivity index (χ3v) is 7.99. The van der Waals surface area contributed by atoms with E-state index >= 15 is 0 Å². The Kier molecular flexibility index (Phi) is 4.42. The van der Waals surface area contributed by atoms with Gasteiger partial charge in [-0.15, -0.1) is 0 Å². The largest absolute Gasteiger partial charge is 0.447 e. The average Bonchev–Trinajstić information content (AvgIpc) is 3.06. The molecule has 2 aliphatic carbocycles. The standard InChI is InChI=1S/C24H33N3O3/c1-22(2,3)19-10-16(4-7-25-19)17-11-23(12-17)5-8-27(9-6-23)20(28)18-13-24(14-18)15-30-21(29)26-24/h4,7,10,17-18H,5-6,8-9,11-15H2,1-3H3,(H,26,29)/t18-,24+. The summed E-state index contributed by atoms with van der Waals surface area (Å²) in [6.45, 7) is 8.80. The van der Waals surface area contributed by atoms with Crippen molar-refractivity contribution in [1.82, 2.24) is 15.2 Å². The molecule has 0 atom stereocenters. The molecule has 0 aromatic carbocycles. The molecule has 1 aromatic rings. The molecule has 2 spiro atoms. The first-order valence-electron chi connectivity index (χ1n) is 11.4. The van der Waals surface area contributed by atoms with Crippen LogP contribution in [0.25, 0.3) is 0 Å². The van der Waals surface area contributed by atoms with Crippen molar-refractivity contribution in [2.45, 2.75) is 76.2 Å². The Morgan fingerprint density at radius 3 is 2.50 bits per heavy atom. The number of piperidine rings is 1. The van der Waals surface area contributed by atoms with Gasteiger partial charge in [0.15, 0.2) is 0 Å². The van der Waals surface area contributed by atoms with Crippen LogP contribution in [0.3, 0.4) is 0 Å². The molecule has 6 heteroatoms. The Hall–Kier alpha value is -2.11. The number of rotatable bonds is 2. The van der Waals surface area contributed by atoms with Crippen molar-refractivity contribution in [2.75, 3.05) is 19.7 Å². The van der Waals surface area contributed by atoms with Gasteiger partial charge in [-0.05, 0) is 67.6 Å². The molecule has 6 nitrogen and oxygen atoms in total. The van der Waals surface area contributed by atoms with E-state index in [2.05, 4.69) is 48.1 Å². The van der Waals surface area contributed by atoms with E-state index in [4.69, 9.17) is 4.74 Å². The molecule has 2 amide bonds. The number of likely N-dealkylation sites (tertiary alicyclic amines) is 1. The van der Waals surface area contributed by atoms with Gasteiger partial charge < -0.3 is 15.0 Å². The highest BCUT2D eigenvalue weighted by Crippen LogP contribution is 2.57. The van der Waals surface area contributed by atoms with Gasteiger partial charge in [0.2, 0.25) is 5.91 Å². The maximum absolute atomic E-state index is 12.9. The van der Waals surface area contributed by atoms with Gasteiger partial charge in [0.25, 0.3) is 0 Å². The number of ether oxygens (including phenoxy) is 1. The molecule has 5 rings (SSSR count). The van der Waals surface area contributed by atoms with E-state index in [-0.39, 0.29) is 28.9 Å². The summed E-state index contributed by atoms with van der Waals surface area (Å²) in [4.78, 5) is 30.8. The normalized spacial score (nSPS) is 27.4. The van der Waals surface area contributed by atoms with E-state index in [9.17, 15) is 9.59 Å². The number of carbonyl (C=O) groups excluding carboxylic acids is 2. The molecule has 0 bridgehead atoms. The molecule has 2 saturated heterocycles. The van der Waals surface area contributed by atoms with E-state index in [1.165, 1.54) is 24.1 Å². The summed E-state index contributed by atoms with van der Waals surface area (Å²) in [5, 5.41) is 2.88. The molecule has 3 heterocycles. The molecule has 0 radical (unpaired) electrons. The molecule has 30 heavy (non-hydrogen) atoms. The quantitative estimate of drug-likeness (QED) is 0.804. The number of cyclic esters (lactones) is 1. The van der Waals surface area contributed by atoms with E-state index in [0.717, 1.165) is 38.8 Å². The fourth-order valence-electron chi connectivity index (χ4n) is 5.97. The van der Waals surface area contributed by atoms with Crippen LogP contribution in [0.1, 0.15) is 76.5 Å². The summed E-state index contributed by atoms with van der Waals surface area (Å²) < 4.78 is 5.03. The van der Waals surface area contributed by atoms with Gasteiger partial charge in [-0.2, -0.15) is 0 Å². The number of amides is 2. The number of aromatic nitrogens is 1. The van der Waals surface area contributed by atoms with Gasteiger partial charge in [0.1, 0.15) is 6.61 Å². The predicted molar refractivity (Wildman–Crippen MR) is 113 cm³/mol. The van der Waals surface area contributed by atoms with Gasteiger partial charge in [-0.25, -0.2) is 4.79 Å². The summed E-state index contributed by atoms with van der Waals surface area (Å²) in [7, 11) is 0. The van der Waals surface area contributed by atoms with E-state index in [0.29, 0.717) is 17.9 Å². The Balaban J connectivity index is 1.12. The van der Waals surface area contributed by atoms with Crippen LogP contribution in [0.5, 0.6) is 0 Å². The lowest BCUT2D eigenvalue weighted by Crippen LogP contribution is -2.59. The Morgan fingerprint density at radius 1 is 1.20 bits per heavy atom. The zero-order chi connectivity index (χ0) is 21.1. The van der Waals surface area contributed by atoms with Gasteiger partial charge in [-0.1, -0.05) is 20.8 Å². The fraction of sp³-hybridized carbons (Fsp3) is 0.708. The van der Waals surface area contributed by atoms with Crippen LogP contribution in [0, 0.1) is 11.3 Å². The van der Waals surface area contributed by atoms with Gasteiger partial charge in [-0.3, -0.25) is 9.78 Å². The first kappa shape index (κ1) is 19.8. The van der Waals surface area contributed by atoms with E-state index in [1.54, 1.807) is 0 Å². The molecule has 1 N–H and O–H groups in total. The first-order chi connectivity index (χ1) is 14.2. The number of nitrogens with one attached hydrogen (secondary N) is 1. The average molecular weight is 412 g/mol. The zero-order valence-corrected chi connectivity index (χ0v) is 18.4. The van der Waals surface area contributed by atoms with Crippen molar-refractivity contribution >= 4 is 12.0 Å². The minimum atomic E-state index is -0.343. The van der Waals surface area contributed by atoms with Crippen LogP contribution in [-0.4, -0.2) is 47.1 Å². The number of pyridine rings is 1. The predicted octanol–water partition coefficient (Wildman–Crippen LogP) is 3.75. The first-order valence-corrected chi connectivity index (χ1v) is 11.4. The van der Waals surface area contributed by atoms with Crippen LogP contribution in [0.15, 0.2) is 18.3 Å². The molecule has 4 aliphatic rings. The summed E-state index contributed by atoms with van der Waals surface area (Å²) >= 11 is 0. The van der Waals surface area contributed by atoms with Crippen LogP contribution in [-0.2, 0) is 14.9 Å². The zero-order valence-electron chi connectivity index (χ0n) is 18.4. The molecule has 0 unspecified atom stereocenters. The van der Waals surface area contributed by atoms with Crippen LogP contribution < -0.4 is 5.32 Å². The van der Waals surface area contributed by atoms with Crippen molar-refractivity contribution in [3.8, 4) is 0 Å². The van der Waals surface area contributed by atoms with Gasteiger partial charge in [0, 0.05) is 36.3 Å². The highest BCUT2D eigenvalue weighted by Gasteiger charge is 2.54. The Morgan fingerprint density at radius 2 is 1.90 bits per heavy atom. The van der Waals surface area contributed by atoms with Crippen molar-refractivity contribution in [1.29, 1.82) is 0 Å². The minimum Gasteiger partial charge on any atom is -0.447 e. The maximum atomic E-state index is 12.9. The topological polar surface area (TPSA) is 71.5 Å². The van der Waals surface area contributed by atoms with E-state index in [1.807, 2.05) is 6.20 Å². The molecular formula is C24H33N3O3. The second-order valence-electron chi connectivity index (χ2n) is 11.2. The number of carbonyl (C=O) groups is 2. The second-order valence-corrected chi connectivity index (χ2v) is 11.2. The summed E-state index contributed by atoms with van der Waals surface area (Å²) in [6, 6.07) is 4.48. The third kappa shape index (κ3) is 3.38. The summed E-state index contributed by atoms with van der Waals surface area (Å²) in [5.74, 6) is 0.952. The van der Waals surface area contributed by atoms with Gasteiger partial charge in [0.05, 0.1) is 5.54 Å². The highest BCUT2D eigenvalue weighted by atomic mass is 16.6. The van der Waals surface area contributed by atoms with Gasteiger partial charge >= 0.3 is 6.09 Å². The van der Waals surface area contributed by atoms with Crippen molar-refractivity contribution in [3.05, 3.63) is 29.6 Å². The smallest absolute Gasteiger partial charge is 0.407 e. The lowest BCUT2D eigenvalue weighted by atomic mass is 9.56. The maximum Gasteiger partial charge on any atom is 0.407 e. The van der Waals surface area contributed by atoms with Crippen LogP contribution in [0.2, 0.25) is 0 Å². The fourth-order valence-corrected chi connectivity index (χ4v) is 5.97. The second kappa shape index (κ2) is 6.69. The van der Waals surface area contributed by atoms with Crippen molar-refractivity contribution in [2.24, 2.45) is 11.3 Å². The summed E-state index contributed by atoms with van der Waals surface area (Å²) in [5.41, 5.74) is 2.83. The van der Waals surface area contributed by atoms with Crippen LogP contribution in [0.4, 0.5) is 4.79 Å². The molecule has 162 valence electrons. The summed E-state index contributed by atoms with van der Waals surface area (Å²) in [6.07, 6.45) is 7.76. The van der Waals surface area contributed by atoms with Crippen molar-refractivity contribution < 1.29 is 14.3 Å². The minimum absolute atomic E-state index is 0.0443. The Bertz CT molecular complexity index is 853. The molecule has 2 aliphatic heterocycles. The van der Waals surface area contributed by atoms with Crippen molar-refractivity contribution in [3.63, 3.8) is 0 Å².